The van der Waals surface area contributed by atoms with Gasteiger partial charge in [0.1, 0.15) is 12.9 Å². The van der Waals surface area contributed by atoms with Crippen molar-refractivity contribution in [3.8, 4) is 0 Å². The summed E-state index contributed by atoms with van der Waals surface area (Å²) in [6.45, 7) is 0.0326. The van der Waals surface area contributed by atoms with E-state index in [2.05, 4.69) is 15.5 Å². The highest BCUT2D eigenvalue weighted by atomic mass is 16.4. The Balaban J connectivity index is 2.10. The van der Waals surface area contributed by atoms with Crippen LogP contribution >= 0.6 is 0 Å². The van der Waals surface area contributed by atoms with E-state index in [0.717, 1.165) is 32.1 Å². The molecule has 1 saturated carbocycles. The number of carbonyl (C=O) groups is 2. The van der Waals surface area contributed by atoms with Gasteiger partial charge >= 0.3 is 5.97 Å². The molecule has 0 saturated heterocycles. The van der Waals surface area contributed by atoms with Gasteiger partial charge in [0, 0.05) is 7.05 Å². The van der Waals surface area contributed by atoms with Crippen molar-refractivity contribution in [1.29, 1.82) is 0 Å². The lowest BCUT2D eigenvalue weighted by Crippen LogP contribution is -2.53. The second-order valence-corrected chi connectivity index (χ2v) is 5.32. The van der Waals surface area contributed by atoms with Crippen LogP contribution in [0.2, 0.25) is 0 Å². The Bertz CT molecular complexity index is 467. The van der Waals surface area contributed by atoms with Gasteiger partial charge < -0.3 is 10.0 Å². The topological polar surface area (TPSA) is 101 Å². The molecule has 1 aliphatic rings. The zero-order valence-electron chi connectivity index (χ0n) is 11.5. The second-order valence-electron chi connectivity index (χ2n) is 5.32. The molecule has 0 aliphatic heterocycles. The number of rotatable bonds is 5. The van der Waals surface area contributed by atoms with Crippen LogP contribution in [0.15, 0.2) is 6.33 Å². The van der Waals surface area contributed by atoms with Crippen molar-refractivity contribution in [3.05, 3.63) is 6.33 Å². The van der Waals surface area contributed by atoms with E-state index in [0.29, 0.717) is 0 Å². The molecule has 1 amide bonds. The summed E-state index contributed by atoms with van der Waals surface area (Å²) < 4.78 is 1.34. The molecule has 1 aromatic rings. The van der Waals surface area contributed by atoms with E-state index in [1.54, 1.807) is 11.9 Å². The maximum atomic E-state index is 12.3. The first kappa shape index (κ1) is 14.4. The third-order valence-electron chi connectivity index (χ3n) is 4.04. The fourth-order valence-electron chi connectivity index (χ4n) is 2.88. The fraction of sp³-hybridized carbons (Fsp3) is 0.750. The molecule has 1 fully saturated rings. The van der Waals surface area contributed by atoms with Crippen molar-refractivity contribution in [1.82, 2.24) is 25.1 Å². The second kappa shape index (κ2) is 5.98. The number of nitrogens with zero attached hydrogens (tertiary/aromatic N) is 5. The highest BCUT2D eigenvalue weighted by Gasteiger charge is 2.40. The van der Waals surface area contributed by atoms with E-state index in [1.807, 2.05) is 0 Å². The van der Waals surface area contributed by atoms with Crippen LogP contribution in [0.25, 0.3) is 0 Å². The van der Waals surface area contributed by atoms with Crippen LogP contribution in [0.5, 0.6) is 0 Å². The molecule has 0 atom stereocenters. The number of carboxylic acid groups (broad SMARTS) is 1. The van der Waals surface area contributed by atoms with E-state index in [-0.39, 0.29) is 18.9 Å². The normalized spacial score (nSPS) is 17.6. The molecule has 0 spiro atoms. The lowest BCUT2D eigenvalue weighted by molar-refractivity contribution is -0.146. The summed E-state index contributed by atoms with van der Waals surface area (Å²) in [6, 6.07) is 0. The van der Waals surface area contributed by atoms with Crippen LogP contribution in [0.4, 0.5) is 0 Å². The van der Waals surface area contributed by atoms with Gasteiger partial charge in [0.25, 0.3) is 0 Å². The SMILES string of the molecule is CN(C(=O)Cn1cnnn1)C1(CC(=O)O)CCCCC1. The van der Waals surface area contributed by atoms with Gasteiger partial charge in [-0.25, -0.2) is 4.68 Å². The predicted molar refractivity (Wildman–Crippen MR) is 68.7 cm³/mol. The number of carboxylic acids is 1. The van der Waals surface area contributed by atoms with E-state index in [1.165, 1.54) is 11.0 Å². The molecule has 8 nitrogen and oxygen atoms in total. The average molecular weight is 281 g/mol. The molecule has 1 aliphatic carbocycles. The van der Waals surface area contributed by atoms with Crippen LogP contribution in [0.3, 0.4) is 0 Å². The Morgan fingerprint density at radius 2 is 2.05 bits per heavy atom. The highest BCUT2D eigenvalue weighted by molar-refractivity contribution is 5.78. The maximum Gasteiger partial charge on any atom is 0.305 e. The first-order valence-corrected chi connectivity index (χ1v) is 6.73. The minimum atomic E-state index is -0.867. The molecule has 0 bridgehead atoms. The summed E-state index contributed by atoms with van der Waals surface area (Å²) in [5.74, 6) is -1.03. The largest absolute Gasteiger partial charge is 0.481 e. The Kier molecular flexibility index (Phi) is 4.31. The first-order valence-electron chi connectivity index (χ1n) is 6.73. The Labute approximate surface area is 116 Å². The predicted octanol–water partition coefficient (Wildman–Crippen LogP) is 0.309. The van der Waals surface area contributed by atoms with Crippen LogP contribution in [0.1, 0.15) is 38.5 Å². The highest BCUT2D eigenvalue weighted by Crippen LogP contribution is 2.36. The Hall–Kier alpha value is -1.99. The number of amides is 1. The third kappa shape index (κ3) is 3.12. The van der Waals surface area contributed by atoms with E-state index in [4.69, 9.17) is 5.11 Å². The molecule has 20 heavy (non-hydrogen) atoms. The van der Waals surface area contributed by atoms with Gasteiger partial charge in [-0.1, -0.05) is 19.3 Å². The molecular formula is C12H19N5O3. The van der Waals surface area contributed by atoms with E-state index in [9.17, 15) is 9.59 Å². The molecule has 2 rings (SSSR count). The number of aromatic nitrogens is 4. The molecule has 8 heteroatoms. The van der Waals surface area contributed by atoms with Crippen molar-refractivity contribution in [2.45, 2.75) is 50.6 Å². The Morgan fingerprint density at radius 3 is 2.60 bits per heavy atom. The minimum absolute atomic E-state index is 0.00908. The smallest absolute Gasteiger partial charge is 0.305 e. The van der Waals surface area contributed by atoms with Gasteiger partial charge in [-0.3, -0.25) is 9.59 Å². The van der Waals surface area contributed by atoms with Gasteiger partial charge in [-0.2, -0.15) is 0 Å². The van der Waals surface area contributed by atoms with Crippen molar-refractivity contribution in [3.63, 3.8) is 0 Å². The van der Waals surface area contributed by atoms with Crippen molar-refractivity contribution >= 4 is 11.9 Å². The lowest BCUT2D eigenvalue weighted by atomic mass is 9.78. The van der Waals surface area contributed by atoms with Crippen molar-refractivity contribution < 1.29 is 14.7 Å². The van der Waals surface area contributed by atoms with Crippen molar-refractivity contribution in [2.24, 2.45) is 0 Å². The molecule has 1 heterocycles. The standard InChI is InChI=1S/C12H19N5O3/c1-16(10(18)8-17-9-13-14-15-17)12(7-11(19)20)5-3-2-4-6-12/h9H,2-8H2,1H3,(H,19,20). The van der Waals surface area contributed by atoms with Crippen LogP contribution in [-0.2, 0) is 16.1 Å². The quantitative estimate of drug-likeness (QED) is 0.833. The van der Waals surface area contributed by atoms with Crippen LogP contribution in [0, 0.1) is 0 Å². The van der Waals surface area contributed by atoms with Gasteiger partial charge in [0.15, 0.2) is 0 Å². The molecule has 1 aromatic heterocycles. The first-order chi connectivity index (χ1) is 9.53. The van der Waals surface area contributed by atoms with E-state index >= 15 is 0 Å². The zero-order chi connectivity index (χ0) is 14.6. The summed E-state index contributed by atoms with van der Waals surface area (Å²) in [5.41, 5.74) is -0.574. The average Bonchev–Trinajstić information content (AvgIpc) is 2.91. The van der Waals surface area contributed by atoms with Crippen LogP contribution in [-0.4, -0.2) is 54.7 Å². The zero-order valence-corrected chi connectivity index (χ0v) is 11.5. The third-order valence-corrected chi connectivity index (χ3v) is 4.04. The summed E-state index contributed by atoms with van der Waals surface area (Å²) in [6.07, 6.45) is 5.83. The minimum Gasteiger partial charge on any atom is -0.481 e. The van der Waals surface area contributed by atoms with E-state index < -0.39 is 11.5 Å². The molecule has 0 radical (unpaired) electrons. The fourth-order valence-corrected chi connectivity index (χ4v) is 2.88. The summed E-state index contributed by atoms with van der Waals surface area (Å²) in [5, 5.41) is 19.8. The molecule has 0 unspecified atom stereocenters. The van der Waals surface area contributed by atoms with Gasteiger partial charge in [-0.15, -0.1) is 5.10 Å². The summed E-state index contributed by atoms with van der Waals surface area (Å²) in [4.78, 5) is 25.0. The Morgan fingerprint density at radius 1 is 1.35 bits per heavy atom. The summed E-state index contributed by atoms with van der Waals surface area (Å²) in [7, 11) is 1.68. The number of carbonyl (C=O) groups excluding carboxylic acids is 1. The number of aliphatic carboxylic acids is 1. The lowest BCUT2D eigenvalue weighted by Gasteiger charge is -2.43. The maximum absolute atomic E-state index is 12.3. The number of likely N-dealkylation sites (N-methyl/N-ethyl adjacent to an activating group) is 1. The molecule has 1 N–H and O–H groups in total. The molecule has 0 aromatic carbocycles. The number of hydrogen-bond donors (Lipinski definition) is 1. The summed E-state index contributed by atoms with van der Waals surface area (Å²) >= 11 is 0. The van der Waals surface area contributed by atoms with Crippen LogP contribution < -0.4 is 0 Å². The molecular weight excluding hydrogens is 262 g/mol. The van der Waals surface area contributed by atoms with Gasteiger partial charge in [0.05, 0.1) is 12.0 Å². The molecule has 110 valence electrons. The van der Waals surface area contributed by atoms with Crippen molar-refractivity contribution in [2.75, 3.05) is 7.05 Å². The van der Waals surface area contributed by atoms with Gasteiger partial charge in [-0.05, 0) is 23.3 Å². The monoisotopic (exact) mass is 281 g/mol. The number of tetrazole rings is 1. The number of hydrogen-bond acceptors (Lipinski definition) is 5. The van der Waals surface area contributed by atoms with Gasteiger partial charge in [0.2, 0.25) is 5.91 Å².